The van der Waals surface area contributed by atoms with Crippen LogP contribution in [-0.2, 0) is 14.3 Å². The number of hydrogen-bond donors (Lipinski definition) is 0. The SMILES string of the molecule is O=C1OC(=O)C(F)(F)C(F)=C1F. The second-order valence-corrected chi connectivity index (χ2v) is 1.88. The molecule has 0 aliphatic carbocycles. The van der Waals surface area contributed by atoms with Crippen LogP contribution < -0.4 is 0 Å². The molecule has 7 heteroatoms. The maximum Gasteiger partial charge on any atom is 0.397 e. The smallest absolute Gasteiger partial charge is 0.383 e. The van der Waals surface area contributed by atoms with Crippen LogP contribution in [0.1, 0.15) is 0 Å². The van der Waals surface area contributed by atoms with E-state index in [-0.39, 0.29) is 0 Å². The Hall–Kier alpha value is -1.40. The van der Waals surface area contributed by atoms with Crippen molar-refractivity contribution in [2.75, 3.05) is 0 Å². The van der Waals surface area contributed by atoms with E-state index in [4.69, 9.17) is 0 Å². The first-order chi connectivity index (χ1) is 5.37. The summed E-state index contributed by atoms with van der Waals surface area (Å²) in [5.41, 5.74) is 0. The number of ether oxygens (including phenoxy) is 1. The van der Waals surface area contributed by atoms with Gasteiger partial charge in [0.25, 0.3) is 0 Å². The summed E-state index contributed by atoms with van der Waals surface area (Å²) in [4.78, 5) is 20.1. The highest BCUT2D eigenvalue weighted by Crippen LogP contribution is 2.34. The van der Waals surface area contributed by atoms with Crippen molar-refractivity contribution in [1.82, 2.24) is 0 Å². The van der Waals surface area contributed by atoms with E-state index in [1.54, 1.807) is 0 Å². The zero-order chi connectivity index (χ0) is 9.52. The molecule has 1 heterocycles. The molecule has 0 aromatic rings. The molecule has 12 heavy (non-hydrogen) atoms. The van der Waals surface area contributed by atoms with Crippen LogP contribution in [0.15, 0.2) is 11.7 Å². The van der Waals surface area contributed by atoms with Gasteiger partial charge >= 0.3 is 17.9 Å². The highest BCUT2D eigenvalue weighted by atomic mass is 19.3. The number of rotatable bonds is 0. The van der Waals surface area contributed by atoms with Crippen molar-refractivity contribution in [2.45, 2.75) is 5.92 Å². The van der Waals surface area contributed by atoms with Crippen molar-refractivity contribution in [2.24, 2.45) is 0 Å². The molecule has 0 bridgehead atoms. The predicted octanol–water partition coefficient (Wildman–Crippen LogP) is 0.856. The number of halogens is 4. The minimum absolute atomic E-state index is 2.04. The van der Waals surface area contributed by atoms with Gasteiger partial charge in [0.1, 0.15) is 0 Å². The van der Waals surface area contributed by atoms with Crippen molar-refractivity contribution in [3.8, 4) is 0 Å². The molecule has 0 aromatic carbocycles. The summed E-state index contributed by atoms with van der Waals surface area (Å²) in [6.45, 7) is 0. The molecule has 1 aliphatic rings. The van der Waals surface area contributed by atoms with E-state index >= 15 is 0 Å². The number of esters is 2. The lowest BCUT2D eigenvalue weighted by molar-refractivity contribution is -0.179. The topological polar surface area (TPSA) is 43.4 Å². The van der Waals surface area contributed by atoms with Gasteiger partial charge in [0.15, 0.2) is 0 Å². The summed E-state index contributed by atoms with van der Waals surface area (Å²) in [7, 11) is 0. The molecular formula is C5F4O3. The molecule has 0 atom stereocenters. The molecule has 1 rings (SSSR count). The van der Waals surface area contributed by atoms with Crippen LogP contribution in [0.3, 0.4) is 0 Å². The first-order valence-corrected chi connectivity index (χ1v) is 2.57. The maximum absolute atomic E-state index is 12.1. The van der Waals surface area contributed by atoms with E-state index in [0.29, 0.717) is 0 Å². The van der Waals surface area contributed by atoms with E-state index in [2.05, 4.69) is 4.74 Å². The third-order valence-electron chi connectivity index (χ3n) is 1.09. The van der Waals surface area contributed by atoms with Gasteiger partial charge in [-0.25, -0.2) is 14.0 Å². The molecule has 1 aliphatic heterocycles. The fourth-order valence-electron chi connectivity index (χ4n) is 0.510. The Bertz CT molecular complexity index is 293. The first kappa shape index (κ1) is 8.69. The molecule has 0 spiro atoms. The van der Waals surface area contributed by atoms with Crippen molar-refractivity contribution in [1.29, 1.82) is 0 Å². The molecule has 0 saturated carbocycles. The summed E-state index contributed by atoms with van der Waals surface area (Å²) >= 11 is 0. The van der Waals surface area contributed by atoms with Gasteiger partial charge in [-0.1, -0.05) is 0 Å². The minimum atomic E-state index is -4.70. The lowest BCUT2D eigenvalue weighted by atomic mass is 10.2. The first-order valence-electron chi connectivity index (χ1n) is 2.57. The van der Waals surface area contributed by atoms with E-state index in [0.717, 1.165) is 0 Å². The van der Waals surface area contributed by atoms with Gasteiger partial charge in [-0.3, -0.25) is 0 Å². The summed E-state index contributed by atoms with van der Waals surface area (Å²) in [5.74, 6) is -14.2. The third-order valence-corrected chi connectivity index (χ3v) is 1.09. The number of alkyl halides is 2. The maximum atomic E-state index is 12.1. The number of carbonyl (C=O) groups excluding carboxylic acids is 2. The fraction of sp³-hybridized carbons (Fsp3) is 0.200. The molecule has 0 saturated heterocycles. The second-order valence-electron chi connectivity index (χ2n) is 1.88. The van der Waals surface area contributed by atoms with Crippen LogP contribution in [0, 0.1) is 0 Å². The largest absolute Gasteiger partial charge is 0.397 e. The highest BCUT2D eigenvalue weighted by Gasteiger charge is 2.54. The van der Waals surface area contributed by atoms with Crippen LogP contribution in [0.5, 0.6) is 0 Å². The Balaban J connectivity index is 3.25. The zero-order valence-corrected chi connectivity index (χ0v) is 5.24. The van der Waals surface area contributed by atoms with Gasteiger partial charge in [-0.05, 0) is 0 Å². The van der Waals surface area contributed by atoms with Crippen LogP contribution in [0.25, 0.3) is 0 Å². The Morgan fingerprint density at radius 1 is 1.17 bits per heavy atom. The third kappa shape index (κ3) is 0.973. The van der Waals surface area contributed by atoms with Gasteiger partial charge in [-0.15, -0.1) is 0 Å². The number of cyclic esters (lactones) is 2. The molecule has 66 valence electrons. The van der Waals surface area contributed by atoms with E-state index in [1.807, 2.05) is 0 Å². The molecular weight excluding hydrogens is 184 g/mol. The van der Waals surface area contributed by atoms with Crippen LogP contribution in [0.4, 0.5) is 17.6 Å². The van der Waals surface area contributed by atoms with E-state index < -0.39 is 29.5 Å². The normalized spacial score (nSPS) is 22.7. The Kier molecular flexibility index (Phi) is 1.66. The van der Waals surface area contributed by atoms with Gasteiger partial charge < -0.3 is 4.74 Å². The molecule has 0 aromatic heterocycles. The van der Waals surface area contributed by atoms with Gasteiger partial charge in [-0.2, -0.15) is 13.2 Å². The predicted molar refractivity (Wildman–Crippen MR) is 25.3 cm³/mol. The molecule has 0 fully saturated rings. The number of hydrogen-bond acceptors (Lipinski definition) is 3. The van der Waals surface area contributed by atoms with Crippen LogP contribution >= 0.6 is 0 Å². The highest BCUT2D eigenvalue weighted by molar-refractivity contribution is 6.02. The van der Waals surface area contributed by atoms with Gasteiger partial charge in [0, 0.05) is 0 Å². The standard InChI is InChI=1S/C5F4O3/c6-1-2(7)5(8,9)4(11)12-3(1)10. The lowest BCUT2D eigenvalue weighted by Gasteiger charge is -2.16. The Morgan fingerprint density at radius 2 is 1.67 bits per heavy atom. The van der Waals surface area contributed by atoms with Crippen molar-refractivity contribution < 1.29 is 31.9 Å². The van der Waals surface area contributed by atoms with Crippen LogP contribution in [0.2, 0.25) is 0 Å². The van der Waals surface area contributed by atoms with Crippen molar-refractivity contribution in [3.05, 3.63) is 11.7 Å². The summed E-state index contributed by atoms with van der Waals surface area (Å²) < 4.78 is 51.5. The average Bonchev–Trinajstić information content (AvgIpc) is 1.99. The van der Waals surface area contributed by atoms with Gasteiger partial charge in [0.2, 0.25) is 11.7 Å². The van der Waals surface area contributed by atoms with E-state index in [1.165, 1.54) is 0 Å². The van der Waals surface area contributed by atoms with E-state index in [9.17, 15) is 27.2 Å². The molecule has 0 unspecified atom stereocenters. The lowest BCUT2D eigenvalue weighted by Crippen LogP contribution is -2.38. The van der Waals surface area contributed by atoms with Gasteiger partial charge in [0.05, 0.1) is 0 Å². The molecule has 0 N–H and O–H groups in total. The fourth-order valence-corrected chi connectivity index (χ4v) is 0.510. The molecule has 0 amide bonds. The summed E-state index contributed by atoms with van der Waals surface area (Å²) in [6, 6.07) is 0. The summed E-state index contributed by atoms with van der Waals surface area (Å²) in [5, 5.41) is 0. The summed E-state index contributed by atoms with van der Waals surface area (Å²) in [6.07, 6.45) is 0. The minimum Gasteiger partial charge on any atom is -0.383 e. The molecule has 3 nitrogen and oxygen atoms in total. The van der Waals surface area contributed by atoms with Crippen molar-refractivity contribution >= 4 is 11.9 Å². The number of carbonyl (C=O) groups is 2. The second kappa shape index (κ2) is 2.29. The zero-order valence-electron chi connectivity index (χ0n) is 5.24. The Morgan fingerprint density at radius 3 is 2.17 bits per heavy atom. The Labute approximate surface area is 62.6 Å². The molecule has 0 radical (unpaired) electrons. The average molecular weight is 184 g/mol. The monoisotopic (exact) mass is 184 g/mol. The quantitative estimate of drug-likeness (QED) is 0.318. The van der Waals surface area contributed by atoms with Crippen LogP contribution in [-0.4, -0.2) is 17.9 Å². The van der Waals surface area contributed by atoms with Crippen molar-refractivity contribution in [3.63, 3.8) is 0 Å².